The number of hydrogen-bond donors (Lipinski definition) is 4. The monoisotopic (exact) mass is 813 g/mol. The molecule has 14 heteroatoms. The van der Waals surface area contributed by atoms with Gasteiger partial charge < -0.3 is 30.0 Å². The summed E-state index contributed by atoms with van der Waals surface area (Å²) in [6, 6.07) is 15.7. The third-order valence-corrected chi connectivity index (χ3v) is 16.2. The van der Waals surface area contributed by atoms with Gasteiger partial charge >= 0.3 is 6.09 Å². The lowest BCUT2D eigenvalue weighted by molar-refractivity contribution is -0.272. The summed E-state index contributed by atoms with van der Waals surface area (Å²) in [7, 11) is -5.72. The van der Waals surface area contributed by atoms with Crippen molar-refractivity contribution in [3.63, 3.8) is 0 Å². The van der Waals surface area contributed by atoms with Crippen molar-refractivity contribution >= 4 is 35.8 Å². The molecular formula is C42H62FN4O7SSi-. The fourth-order valence-electron chi connectivity index (χ4n) is 6.95. The van der Waals surface area contributed by atoms with E-state index in [2.05, 4.69) is 48.8 Å². The molecule has 310 valence electrons. The molecule has 1 amide bonds. The molecule has 0 aliphatic carbocycles. The Labute approximate surface area is 334 Å². The molecular weight excluding hydrogens is 752 g/mol. The number of amides is 1. The van der Waals surface area contributed by atoms with Crippen LogP contribution < -0.4 is 20.0 Å². The number of sulfonamides is 1. The normalized spacial score (nSPS) is 15.1. The van der Waals surface area contributed by atoms with E-state index in [9.17, 15) is 32.9 Å². The van der Waals surface area contributed by atoms with E-state index < -0.39 is 36.0 Å². The molecule has 4 N–H and O–H groups in total. The highest BCUT2D eigenvalue weighted by atomic mass is 32.2. The second-order valence-corrected chi connectivity index (χ2v) is 23.1. The highest BCUT2D eigenvalue weighted by Crippen LogP contribution is 2.41. The Morgan fingerprint density at radius 3 is 2.27 bits per heavy atom. The summed E-state index contributed by atoms with van der Waals surface area (Å²) in [6.07, 6.45) is 9.08. The number of nitrogens with zero attached hydrogens (tertiary/aromatic N) is 2. The number of likely N-dealkylation sites (tertiary alicyclic amines) is 1. The number of phenols is 1. The van der Waals surface area contributed by atoms with E-state index >= 15 is 0 Å². The van der Waals surface area contributed by atoms with E-state index in [1.807, 2.05) is 0 Å². The Morgan fingerprint density at radius 1 is 1.00 bits per heavy atom. The van der Waals surface area contributed by atoms with Crippen LogP contribution in [0, 0.1) is 5.82 Å². The van der Waals surface area contributed by atoms with Crippen LogP contribution in [0.1, 0.15) is 90.2 Å². The van der Waals surface area contributed by atoms with E-state index in [0.717, 1.165) is 70.1 Å². The van der Waals surface area contributed by atoms with E-state index in [1.54, 1.807) is 36.4 Å². The number of piperidine rings is 1. The predicted molar refractivity (Wildman–Crippen MR) is 224 cm³/mol. The minimum absolute atomic E-state index is 0.00987. The van der Waals surface area contributed by atoms with Gasteiger partial charge in [-0.25, -0.2) is 17.6 Å². The van der Waals surface area contributed by atoms with Gasteiger partial charge in [0.05, 0.1) is 23.7 Å². The molecule has 1 heterocycles. The topological polar surface area (TPSA) is 154 Å². The zero-order valence-corrected chi connectivity index (χ0v) is 35.8. The Balaban J connectivity index is 1.15. The van der Waals surface area contributed by atoms with Crippen LogP contribution in [-0.2, 0) is 14.4 Å². The minimum Gasteiger partial charge on any atom is -0.870 e. The maximum atomic E-state index is 14.1. The number of benzene rings is 3. The highest BCUT2D eigenvalue weighted by molar-refractivity contribution is 7.92. The van der Waals surface area contributed by atoms with Gasteiger partial charge in [0.15, 0.2) is 8.32 Å². The lowest BCUT2D eigenvalue weighted by Gasteiger charge is -2.39. The molecule has 0 saturated carbocycles. The van der Waals surface area contributed by atoms with Gasteiger partial charge in [0, 0.05) is 31.2 Å². The van der Waals surface area contributed by atoms with Crippen molar-refractivity contribution in [2.24, 2.45) is 0 Å². The maximum Gasteiger partial charge on any atom is 0.412 e. The molecule has 11 nitrogen and oxygen atoms in total. The fraction of sp³-hybridized carbons (Fsp3) is 0.548. The van der Waals surface area contributed by atoms with E-state index in [0.29, 0.717) is 36.2 Å². The summed E-state index contributed by atoms with van der Waals surface area (Å²) in [6.45, 7) is 15.0. The number of para-hydroxylation sites is 1. The van der Waals surface area contributed by atoms with Crippen LogP contribution in [0.2, 0.25) is 18.1 Å². The number of aromatic hydroxyl groups is 1. The standard InChI is InChI=1S/C42H63FN4O7SSi/c1-42(2,3)56(5,6)54-40(32-19-21-39(49)36(29-32)45-55(4,52)53)30-44-24-14-10-8-7-9-11-15-25-46-26-22-33(23-27-46)47(41(50)51)37-17-13-12-16-34(37)31-18-20-38(48)35(43)28-31/h12-13,16-21,28-29,33,40,44-45,48-49H,7-11,14-15,22-27,30H2,1-6H3,(H,50,51)/p-1/t40-/m0/s1. The molecule has 3 aromatic carbocycles. The number of unbranched alkanes of at least 4 members (excludes halogenated alkanes) is 6. The summed E-state index contributed by atoms with van der Waals surface area (Å²) in [4.78, 5) is 16.4. The quantitative estimate of drug-likeness (QED) is 0.0499. The first-order valence-corrected chi connectivity index (χ1v) is 24.7. The first kappa shape index (κ1) is 45.0. The summed E-state index contributed by atoms with van der Waals surface area (Å²) in [5.74, 6) is -1.68. The molecule has 1 fully saturated rings. The summed E-state index contributed by atoms with van der Waals surface area (Å²) in [5, 5.41) is 35.7. The van der Waals surface area contributed by atoms with Gasteiger partial charge in [0.1, 0.15) is 11.6 Å². The summed E-state index contributed by atoms with van der Waals surface area (Å²) >= 11 is 0. The predicted octanol–water partition coefficient (Wildman–Crippen LogP) is 8.68. The zero-order valence-electron chi connectivity index (χ0n) is 33.9. The third kappa shape index (κ3) is 13.2. The molecule has 3 aromatic rings. The van der Waals surface area contributed by atoms with E-state index in [-0.39, 0.29) is 28.6 Å². The van der Waals surface area contributed by atoms with Gasteiger partial charge in [0.25, 0.3) is 0 Å². The first-order chi connectivity index (χ1) is 26.4. The van der Waals surface area contributed by atoms with Crippen LogP contribution in [0.15, 0.2) is 60.7 Å². The molecule has 0 bridgehead atoms. The zero-order chi connectivity index (χ0) is 41.1. The molecule has 1 atom stereocenters. The van der Waals surface area contributed by atoms with Crippen molar-refractivity contribution in [3.05, 3.63) is 72.0 Å². The molecule has 0 spiro atoms. The van der Waals surface area contributed by atoms with E-state index in [4.69, 9.17) is 4.43 Å². The van der Waals surface area contributed by atoms with Gasteiger partial charge in [-0.2, -0.15) is 0 Å². The maximum absolute atomic E-state index is 14.1. The Kier molecular flexibility index (Phi) is 16.2. The van der Waals surface area contributed by atoms with Crippen molar-refractivity contribution < 1.29 is 37.3 Å². The van der Waals surface area contributed by atoms with Crippen LogP contribution in [0.3, 0.4) is 0 Å². The van der Waals surface area contributed by atoms with Crippen LogP contribution in [0.25, 0.3) is 11.1 Å². The third-order valence-electron chi connectivity index (χ3n) is 11.1. The van der Waals surface area contributed by atoms with Gasteiger partial charge in [-0.3, -0.25) is 9.62 Å². The number of nitrogens with one attached hydrogen (secondary N) is 2. The molecule has 0 radical (unpaired) electrons. The number of hydrogen-bond acceptors (Lipinski definition) is 8. The lowest BCUT2D eigenvalue weighted by atomic mass is 9.98. The smallest absolute Gasteiger partial charge is 0.412 e. The van der Waals surface area contributed by atoms with Crippen molar-refractivity contribution in [2.75, 3.05) is 48.6 Å². The molecule has 56 heavy (non-hydrogen) atoms. The second-order valence-electron chi connectivity index (χ2n) is 16.6. The van der Waals surface area contributed by atoms with Gasteiger partial charge in [-0.1, -0.05) is 95.0 Å². The summed E-state index contributed by atoms with van der Waals surface area (Å²) < 4.78 is 47.0. The molecule has 1 saturated heterocycles. The molecule has 0 unspecified atom stereocenters. The number of rotatable bonds is 20. The van der Waals surface area contributed by atoms with Gasteiger partial charge in [-0.05, 0) is 92.3 Å². The fourth-order valence-corrected chi connectivity index (χ4v) is 8.80. The Bertz CT molecular complexity index is 1850. The molecule has 4 rings (SSSR count). The van der Waals surface area contributed by atoms with Crippen molar-refractivity contribution in [1.82, 2.24) is 10.2 Å². The molecule has 0 aromatic heterocycles. The average molecular weight is 814 g/mol. The Hall–Kier alpha value is -3.69. The largest absolute Gasteiger partial charge is 0.870 e. The van der Waals surface area contributed by atoms with Crippen LogP contribution >= 0.6 is 0 Å². The van der Waals surface area contributed by atoms with Crippen molar-refractivity contribution in [1.29, 1.82) is 0 Å². The second kappa shape index (κ2) is 20.1. The highest BCUT2D eigenvalue weighted by Gasteiger charge is 2.39. The minimum atomic E-state index is -3.56. The van der Waals surface area contributed by atoms with Gasteiger partial charge in [-0.15, -0.1) is 0 Å². The Morgan fingerprint density at radius 2 is 1.64 bits per heavy atom. The number of phenolic OH excluding ortho intramolecular Hbond substituents is 1. The molecule has 1 aliphatic rings. The lowest BCUT2D eigenvalue weighted by Crippen LogP contribution is -2.47. The van der Waals surface area contributed by atoms with Crippen molar-refractivity contribution in [3.8, 4) is 22.6 Å². The number of anilines is 2. The SMILES string of the molecule is CC(C)(C)[Si](C)(C)O[C@@H](CNCCCCCCCCCN1CCC(N(C(=O)O)c2ccccc2-c2ccc([O-])c(F)c2)CC1)c1ccc(O)c(NS(C)(=O)=O)c1. The number of halogens is 1. The first-order valence-electron chi connectivity index (χ1n) is 19.9. The van der Waals surface area contributed by atoms with Crippen LogP contribution in [0.4, 0.5) is 20.6 Å². The molecule has 1 aliphatic heterocycles. The van der Waals surface area contributed by atoms with E-state index in [1.165, 1.54) is 42.0 Å². The summed E-state index contributed by atoms with van der Waals surface area (Å²) in [5.41, 5.74) is 2.51. The van der Waals surface area contributed by atoms with Crippen molar-refractivity contribution in [2.45, 2.75) is 109 Å². The van der Waals surface area contributed by atoms with Crippen LogP contribution in [-0.4, -0.2) is 83.0 Å². The number of carboxylic acid groups (broad SMARTS) is 1. The van der Waals surface area contributed by atoms with Gasteiger partial charge in [0.2, 0.25) is 10.0 Å². The number of carbonyl (C=O) groups is 1. The van der Waals surface area contributed by atoms with Crippen LogP contribution in [0.5, 0.6) is 11.5 Å². The average Bonchev–Trinajstić information content (AvgIpc) is 3.12.